The molecule has 0 aliphatic carbocycles. The molecule has 0 spiro atoms. The van der Waals surface area contributed by atoms with Gasteiger partial charge in [-0.3, -0.25) is 0 Å². The van der Waals surface area contributed by atoms with Gasteiger partial charge in [-0.15, -0.1) is 0 Å². The second-order valence-corrected chi connectivity index (χ2v) is 3.91. The monoisotopic (exact) mass is 241 g/mol. The highest BCUT2D eigenvalue weighted by atomic mass is 19.1. The summed E-state index contributed by atoms with van der Waals surface area (Å²) < 4.78 is 23.6. The first-order valence-electron chi connectivity index (χ1n) is 5.74. The topological polar surface area (TPSA) is 30.5 Å². The Hall–Kier alpha value is -1.13. The highest BCUT2D eigenvalue weighted by Gasteiger charge is 2.10. The SMILES string of the molecule is COCCCNC(C)c1ccc(OC)cc1F. The minimum absolute atomic E-state index is 0.0160. The Labute approximate surface area is 102 Å². The van der Waals surface area contributed by atoms with Gasteiger partial charge >= 0.3 is 0 Å². The fourth-order valence-electron chi connectivity index (χ4n) is 1.63. The van der Waals surface area contributed by atoms with Crippen LogP contribution in [0.2, 0.25) is 0 Å². The minimum atomic E-state index is -0.240. The second kappa shape index (κ2) is 7.25. The first-order valence-corrected chi connectivity index (χ1v) is 5.74. The number of halogens is 1. The predicted molar refractivity (Wildman–Crippen MR) is 65.9 cm³/mol. The molecule has 0 saturated heterocycles. The van der Waals surface area contributed by atoms with E-state index in [1.165, 1.54) is 13.2 Å². The maximum atomic E-state index is 13.7. The molecule has 17 heavy (non-hydrogen) atoms. The number of nitrogens with one attached hydrogen (secondary N) is 1. The van der Waals surface area contributed by atoms with E-state index in [2.05, 4.69) is 5.32 Å². The summed E-state index contributed by atoms with van der Waals surface area (Å²) in [7, 11) is 3.20. The van der Waals surface area contributed by atoms with Crippen molar-refractivity contribution >= 4 is 0 Å². The van der Waals surface area contributed by atoms with Crippen LogP contribution >= 0.6 is 0 Å². The average molecular weight is 241 g/mol. The van der Waals surface area contributed by atoms with Crippen LogP contribution in [0.25, 0.3) is 0 Å². The molecule has 96 valence electrons. The Balaban J connectivity index is 2.53. The molecule has 0 aliphatic heterocycles. The van der Waals surface area contributed by atoms with Crippen molar-refractivity contribution in [3.63, 3.8) is 0 Å². The normalized spacial score (nSPS) is 12.5. The molecule has 1 rings (SSSR count). The Morgan fingerprint density at radius 1 is 1.35 bits per heavy atom. The second-order valence-electron chi connectivity index (χ2n) is 3.91. The van der Waals surface area contributed by atoms with Crippen molar-refractivity contribution in [3.8, 4) is 5.75 Å². The van der Waals surface area contributed by atoms with Crippen LogP contribution in [0.5, 0.6) is 5.75 Å². The summed E-state index contributed by atoms with van der Waals surface area (Å²) >= 11 is 0. The van der Waals surface area contributed by atoms with Gasteiger partial charge in [0.2, 0.25) is 0 Å². The molecule has 4 heteroatoms. The van der Waals surface area contributed by atoms with Crippen LogP contribution < -0.4 is 10.1 Å². The third kappa shape index (κ3) is 4.32. The fourth-order valence-corrected chi connectivity index (χ4v) is 1.63. The highest BCUT2D eigenvalue weighted by Crippen LogP contribution is 2.21. The quantitative estimate of drug-likeness (QED) is 0.744. The Kier molecular flexibility index (Phi) is 5.94. The van der Waals surface area contributed by atoms with Crippen molar-refractivity contribution in [2.24, 2.45) is 0 Å². The summed E-state index contributed by atoms with van der Waals surface area (Å²) in [5, 5.41) is 3.25. The van der Waals surface area contributed by atoms with Crippen molar-refractivity contribution < 1.29 is 13.9 Å². The van der Waals surface area contributed by atoms with Crippen molar-refractivity contribution in [3.05, 3.63) is 29.6 Å². The van der Waals surface area contributed by atoms with Gasteiger partial charge in [-0.25, -0.2) is 4.39 Å². The standard InChI is InChI=1S/C13H20FNO2/c1-10(15-7-4-8-16-2)12-6-5-11(17-3)9-13(12)14/h5-6,9-10,15H,4,7-8H2,1-3H3. The highest BCUT2D eigenvalue weighted by molar-refractivity contribution is 5.30. The lowest BCUT2D eigenvalue weighted by molar-refractivity contribution is 0.193. The Bertz CT molecular complexity index is 344. The van der Waals surface area contributed by atoms with Gasteiger partial charge in [0.1, 0.15) is 11.6 Å². The molecule has 1 aromatic rings. The van der Waals surface area contributed by atoms with Crippen molar-refractivity contribution in [2.45, 2.75) is 19.4 Å². The molecule has 0 aliphatic rings. The van der Waals surface area contributed by atoms with Crippen LogP contribution in [0, 0.1) is 5.82 Å². The smallest absolute Gasteiger partial charge is 0.131 e. The van der Waals surface area contributed by atoms with Crippen LogP contribution in [0.4, 0.5) is 4.39 Å². The molecule has 0 amide bonds. The van der Waals surface area contributed by atoms with Gasteiger partial charge in [-0.1, -0.05) is 6.07 Å². The summed E-state index contributed by atoms with van der Waals surface area (Å²) in [4.78, 5) is 0. The van der Waals surface area contributed by atoms with E-state index in [1.807, 2.05) is 6.92 Å². The number of methoxy groups -OCH3 is 2. The van der Waals surface area contributed by atoms with E-state index < -0.39 is 0 Å². The fraction of sp³-hybridized carbons (Fsp3) is 0.538. The van der Waals surface area contributed by atoms with Crippen LogP contribution in [0.1, 0.15) is 24.9 Å². The first-order chi connectivity index (χ1) is 8.19. The van der Waals surface area contributed by atoms with Crippen LogP contribution in [-0.4, -0.2) is 27.4 Å². The zero-order valence-corrected chi connectivity index (χ0v) is 10.6. The number of rotatable bonds is 7. The van der Waals surface area contributed by atoms with E-state index in [1.54, 1.807) is 19.2 Å². The van der Waals surface area contributed by atoms with E-state index in [0.29, 0.717) is 17.9 Å². The molecular weight excluding hydrogens is 221 g/mol. The maximum Gasteiger partial charge on any atom is 0.131 e. The molecule has 1 atom stereocenters. The van der Waals surface area contributed by atoms with Gasteiger partial charge in [-0.05, 0) is 26.0 Å². The average Bonchev–Trinajstić information content (AvgIpc) is 2.34. The predicted octanol–water partition coefficient (Wildman–Crippen LogP) is 2.52. The number of hydrogen-bond donors (Lipinski definition) is 1. The number of ether oxygens (including phenoxy) is 2. The number of hydrogen-bond acceptors (Lipinski definition) is 3. The van der Waals surface area contributed by atoms with E-state index in [4.69, 9.17) is 9.47 Å². The van der Waals surface area contributed by atoms with Crippen LogP contribution in [-0.2, 0) is 4.74 Å². The van der Waals surface area contributed by atoms with Gasteiger partial charge < -0.3 is 14.8 Å². The van der Waals surface area contributed by atoms with Gasteiger partial charge in [-0.2, -0.15) is 0 Å². The third-order valence-corrected chi connectivity index (χ3v) is 2.65. The lowest BCUT2D eigenvalue weighted by Crippen LogP contribution is -2.21. The van der Waals surface area contributed by atoms with Crippen LogP contribution in [0.15, 0.2) is 18.2 Å². The number of benzene rings is 1. The van der Waals surface area contributed by atoms with E-state index >= 15 is 0 Å². The molecule has 1 unspecified atom stereocenters. The lowest BCUT2D eigenvalue weighted by atomic mass is 10.1. The Morgan fingerprint density at radius 2 is 2.12 bits per heavy atom. The van der Waals surface area contributed by atoms with E-state index in [9.17, 15) is 4.39 Å². The molecular formula is C13H20FNO2. The molecule has 0 fully saturated rings. The largest absolute Gasteiger partial charge is 0.497 e. The maximum absolute atomic E-state index is 13.7. The Morgan fingerprint density at radius 3 is 2.71 bits per heavy atom. The molecule has 0 saturated carbocycles. The molecule has 3 nitrogen and oxygen atoms in total. The zero-order chi connectivity index (χ0) is 12.7. The van der Waals surface area contributed by atoms with Crippen molar-refractivity contribution in [1.82, 2.24) is 5.32 Å². The summed E-state index contributed by atoms with van der Waals surface area (Å²) in [6.07, 6.45) is 0.915. The van der Waals surface area contributed by atoms with Crippen LogP contribution in [0.3, 0.4) is 0 Å². The minimum Gasteiger partial charge on any atom is -0.497 e. The summed E-state index contributed by atoms with van der Waals surface area (Å²) in [6, 6.07) is 4.91. The lowest BCUT2D eigenvalue weighted by Gasteiger charge is -2.15. The van der Waals surface area contributed by atoms with E-state index in [0.717, 1.165) is 13.0 Å². The third-order valence-electron chi connectivity index (χ3n) is 2.65. The molecule has 1 N–H and O–H groups in total. The van der Waals surface area contributed by atoms with Gasteiger partial charge in [0, 0.05) is 31.4 Å². The molecule has 0 radical (unpaired) electrons. The summed E-state index contributed by atoms with van der Waals surface area (Å²) in [6.45, 7) is 3.46. The summed E-state index contributed by atoms with van der Waals surface area (Å²) in [5.74, 6) is 0.300. The van der Waals surface area contributed by atoms with Gasteiger partial charge in [0.25, 0.3) is 0 Å². The van der Waals surface area contributed by atoms with Gasteiger partial charge in [0.05, 0.1) is 7.11 Å². The van der Waals surface area contributed by atoms with Crippen molar-refractivity contribution in [1.29, 1.82) is 0 Å². The molecule has 1 aromatic carbocycles. The van der Waals surface area contributed by atoms with Gasteiger partial charge in [0.15, 0.2) is 0 Å². The summed E-state index contributed by atoms with van der Waals surface area (Å²) in [5.41, 5.74) is 0.656. The van der Waals surface area contributed by atoms with Crippen molar-refractivity contribution in [2.75, 3.05) is 27.4 Å². The zero-order valence-electron chi connectivity index (χ0n) is 10.6. The molecule has 0 aromatic heterocycles. The van der Waals surface area contributed by atoms with E-state index in [-0.39, 0.29) is 11.9 Å². The first kappa shape index (κ1) is 13.9. The molecule has 0 bridgehead atoms. The molecule has 0 heterocycles.